The highest BCUT2D eigenvalue weighted by Gasteiger charge is 2.27. The molecule has 0 atom stereocenters. The van der Waals surface area contributed by atoms with Crippen LogP contribution in [0.25, 0.3) is 61.2 Å². The molecule has 4 heterocycles. The van der Waals surface area contributed by atoms with Gasteiger partial charge in [-0.1, -0.05) is 54.6 Å². The van der Waals surface area contributed by atoms with Crippen molar-refractivity contribution in [1.29, 1.82) is 0 Å². The Morgan fingerprint density at radius 3 is 2.14 bits per heavy atom. The van der Waals surface area contributed by atoms with Gasteiger partial charge in [-0.05, 0) is 24.3 Å². The molecule has 0 N–H and O–H groups in total. The summed E-state index contributed by atoms with van der Waals surface area (Å²) in [6.07, 6.45) is 1.90. The number of aromatic nitrogens is 4. The average molecular weight is 370 g/mol. The number of fused-ring (bicyclic) bond motifs is 9. The van der Waals surface area contributed by atoms with Crippen LogP contribution in [0.4, 0.5) is 0 Å². The maximum Gasteiger partial charge on any atom is 0.165 e. The first kappa shape index (κ1) is 14.9. The van der Waals surface area contributed by atoms with E-state index in [4.69, 9.17) is 15.0 Å². The largest absolute Gasteiger partial charge is 0.290 e. The van der Waals surface area contributed by atoms with Crippen LogP contribution in [0.2, 0.25) is 0 Å². The van der Waals surface area contributed by atoms with Crippen LogP contribution < -0.4 is 0 Å². The van der Waals surface area contributed by atoms with E-state index in [9.17, 15) is 0 Å². The second-order valence-corrected chi connectivity index (χ2v) is 7.34. The van der Waals surface area contributed by atoms with E-state index in [1.54, 1.807) is 0 Å². The summed E-state index contributed by atoms with van der Waals surface area (Å²) in [5.74, 6) is 0.856. The van der Waals surface area contributed by atoms with E-state index in [1.165, 1.54) is 10.8 Å². The van der Waals surface area contributed by atoms with E-state index in [-0.39, 0.29) is 0 Å². The van der Waals surface area contributed by atoms with Crippen molar-refractivity contribution in [2.45, 2.75) is 0 Å². The zero-order valence-corrected chi connectivity index (χ0v) is 15.4. The van der Waals surface area contributed by atoms with Gasteiger partial charge in [0, 0.05) is 28.1 Å². The molecule has 0 saturated heterocycles. The van der Waals surface area contributed by atoms with Crippen molar-refractivity contribution in [1.82, 2.24) is 19.5 Å². The van der Waals surface area contributed by atoms with Crippen molar-refractivity contribution in [3.8, 4) is 28.3 Å². The number of para-hydroxylation sites is 3. The van der Waals surface area contributed by atoms with Crippen molar-refractivity contribution < 1.29 is 0 Å². The molecule has 0 saturated carbocycles. The fourth-order valence-corrected chi connectivity index (χ4v) is 4.56. The minimum Gasteiger partial charge on any atom is -0.290 e. The van der Waals surface area contributed by atoms with Crippen LogP contribution in [0.5, 0.6) is 0 Å². The third-order valence-corrected chi connectivity index (χ3v) is 5.78. The van der Waals surface area contributed by atoms with Gasteiger partial charge in [0.25, 0.3) is 0 Å². The highest BCUT2D eigenvalue weighted by molar-refractivity contribution is 6.15. The minimum atomic E-state index is 0.856. The third-order valence-electron chi connectivity index (χ3n) is 5.78. The van der Waals surface area contributed by atoms with Gasteiger partial charge in [-0.15, -0.1) is 0 Å². The van der Waals surface area contributed by atoms with Crippen LogP contribution in [-0.4, -0.2) is 19.5 Å². The molecule has 1 aliphatic rings. The molecule has 1 aliphatic heterocycles. The van der Waals surface area contributed by atoms with Gasteiger partial charge in [0.2, 0.25) is 0 Å². The van der Waals surface area contributed by atoms with Gasteiger partial charge >= 0.3 is 0 Å². The molecule has 0 spiro atoms. The first-order valence-corrected chi connectivity index (χ1v) is 9.65. The molecule has 4 nitrogen and oxygen atoms in total. The molecule has 134 valence electrons. The van der Waals surface area contributed by atoms with Gasteiger partial charge in [0.05, 0.1) is 27.8 Å². The maximum atomic E-state index is 5.09. The summed E-state index contributed by atoms with van der Waals surface area (Å²) in [5, 5.41) is 2.38. The SMILES string of the molecule is c1ccc2c(c1)-c1nc3ccccc3nc1-n1c3ccccc3c3ccnc-2c31. The van der Waals surface area contributed by atoms with E-state index < -0.39 is 0 Å². The fourth-order valence-electron chi connectivity index (χ4n) is 4.56. The van der Waals surface area contributed by atoms with Crippen LogP contribution in [0.15, 0.2) is 85.1 Å². The number of pyridine rings is 1. The average Bonchev–Trinajstić information content (AvgIpc) is 3.06. The predicted octanol–water partition coefficient (Wildman–Crippen LogP) is 5.77. The van der Waals surface area contributed by atoms with Crippen molar-refractivity contribution in [2.24, 2.45) is 0 Å². The second kappa shape index (κ2) is 5.26. The zero-order chi connectivity index (χ0) is 18.9. The Bertz CT molecular complexity index is 1610. The summed E-state index contributed by atoms with van der Waals surface area (Å²) < 4.78 is 2.24. The molecule has 0 unspecified atom stereocenters. The van der Waals surface area contributed by atoms with Gasteiger partial charge in [0.15, 0.2) is 5.82 Å². The zero-order valence-electron chi connectivity index (χ0n) is 15.4. The molecule has 29 heavy (non-hydrogen) atoms. The molecular weight excluding hydrogens is 356 g/mol. The molecule has 3 aromatic carbocycles. The van der Waals surface area contributed by atoms with Crippen molar-refractivity contribution in [3.05, 3.63) is 85.1 Å². The lowest BCUT2D eigenvalue weighted by atomic mass is 10.0. The normalized spacial score (nSPS) is 12.1. The van der Waals surface area contributed by atoms with Crippen LogP contribution in [0, 0.1) is 0 Å². The highest BCUT2D eigenvalue weighted by atomic mass is 15.1. The van der Waals surface area contributed by atoms with Crippen molar-refractivity contribution >= 4 is 32.8 Å². The molecule has 0 radical (unpaired) electrons. The first-order chi connectivity index (χ1) is 14.4. The molecule has 4 heteroatoms. The van der Waals surface area contributed by atoms with Gasteiger partial charge in [-0.2, -0.15) is 0 Å². The highest BCUT2D eigenvalue weighted by Crippen LogP contribution is 2.44. The van der Waals surface area contributed by atoms with E-state index in [0.29, 0.717) is 0 Å². The number of hydrogen-bond donors (Lipinski definition) is 0. The van der Waals surface area contributed by atoms with Crippen LogP contribution in [0.3, 0.4) is 0 Å². The van der Waals surface area contributed by atoms with Crippen LogP contribution >= 0.6 is 0 Å². The van der Waals surface area contributed by atoms with E-state index in [2.05, 4.69) is 59.2 Å². The van der Waals surface area contributed by atoms with E-state index in [0.717, 1.165) is 50.4 Å². The molecule has 0 amide bonds. The Hall–Kier alpha value is -4.05. The number of nitrogens with zero attached hydrogens (tertiary/aromatic N) is 4. The molecule has 0 bridgehead atoms. The third kappa shape index (κ3) is 1.85. The maximum absolute atomic E-state index is 5.09. The topological polar surface area (TPSA) is 43.6 Å². The summed E-state index contributed by atoms with van der Waals surface area (Å²) in [6.45, 7) is 0. The monoisotopic (exact) mass is 370 g/mol. The van der Waals surface area contributed by atoms with E-state index >= 15 is 0 Å². The first-order valence-electron chi connectivity index (χ1n) is 9.65. The standard InChI is InChI=1S/C25H14N4/c1-2-9-17-16(8-1)22-24-18(13-14-26-22)15-7-3-6-12-21(15)29(24)25-23(17)27-19-10-4-5-11-20(19)28-25/h1-14H. The molecular formula is C25H14N4. The number of hydrogen-bond acceptors (Lipinski definition) is 3. The van der Waals surface area contributed by atoms with Gasteiger partial charge in [-0.3, -0.25) is 9.55 Å². The molecule has 0 aliphatic carbocycles. The summed E-state index contributed by atoms with van der Waals surface area (Å²) in [4.78, 5) is 15.0. The van der Waals surface area contributed by atoms with E-state index in [1.807, 2.05) is 30.5 Å². The van der Waals surface area contributed by atoms with Crippen LogP contribution in [0.1, 0.15) is 0 Å². The summed E-state index contributed by atoms with van der Waals surface area (Å²) >= 11 is 0. The number of rotatable bonds is 0. The Morgan fingerprint density at radius 2 is 1.28 bits per heavy atom. The van der Waals surface area contributed by atoms with Crippen molar-refractivity contribution in [3.63, 3.8) is 0 Å². The summed E-state index contributed by atoms with van der Waals surface area (Å²) in [6, 6.07) is 27.0. The second-order valence-electron chi connectivity index (χ2n) is 7.34. The summed E-state index contributed by atoms with van der Waals surface area (Å²) in [5.41, 5.74) is 8.01. The fraction of sp³-hybridized carbons (Fsp3) is 0. The lowest BCUT2D eigenvalue weighted by molar-refractivity contribution is 1.08. The Balaban J connectivity index is 1.82. The van der Waals surface area contributed by atoms with Crippen molar-refractivity contribution in [2.75, 3.05) is 0 Å². The van der Waals surface area contributed by atoms with Gasteiger partial charge in [-0.25, -0.2) is 9.97 Å². The molecule has 7 rings (SSSR count). The molecule has 0 fully saturated rings. The quantitative estimate of drug-likeness (QED) is 0.340. The Labute approximate surface area is 166 Å². The molecule has 3 aromatic heterocycles. The van der Waals surface area contributed by atoms with Gasteiger partial charge < -0.3 is 0 Å². The lowest BCUT2D eigenvalue weighted by Gasteiger charge is -2.11. The van der Waals surface area contributed by atoms with Crippen LogP contribution in [-0.2, 0) is 0 Å². The smallest absolute Gasteiger partial charge is 0.165 e. The Morgan fingerprint density at radius 1 is 0.586 bits per heavy atom. The lowest BCUT2D eigenvalue weighted by Crippen LogP contribution is -2.02. The molecule has 6 aromatic rings. The number of benzene rings is 3. The predicted molar refractivity (Wildman–Crippen MR) is 116 cm³/mol. The summed E-state index contributed by atoms with van der Waals surface area (Å²) in [7, 11) is 0. The minimum absolute atomic E-state index is 0.856. The Kier molecular flexibility index (Phi) is 2.71. The van der Waals surface area contributed by atoms with Gasteiger partial charge in [0.1, 0.15) is 5.69 Å².